The van der Waals surface area contributed by atoms with Crippen molar-refractivity contribution in [2.24, 2.45) is 0 Å². The largest absolute Gasteiger partial charge is 0.489 e. The number of ether oxygens (including phenoxy) is 1. The van der Waals surface area contributed by atoms with Crippen LogP contribution in [-0.2, 0) is 6.54 Å². The SMILES string of the molecule is Cc1ccc(CN(C)C(=O)c2cccc3c2OCCN3)o1. The van der Waals surface area contributed by atoms with Gasteiger partial charge in [-0.05, 0) is 31.2 Å². The molecule has 0 fully saturated rings. The number of para-hydroxylation sites is 1. The average Bonchev–Trinajstić information content (AvgIpc) is 2.91. The highest BCUT2D eigenvalue weighted by Crippen LogP contribution is 2.32. The van der Waals surface area contributed by atoms with Gasteiger partial charge in [-0.2, -0.15) is 0 Å². The van der Waals surface area contributed by atoms with E-state index in [2.05, 4.69) is 5.32 Å². The van der Waals surface area contributed by atoms with Gasteiger partial charge in [0.2, 0.25) is 0 Å². The van der Waals surface area contributed by atoms with Crippen LogP contribution in [0.5, 0.6) is 5.75 Å². The highest BCUT2D eigenvalue weighted by molar-refractivity contribution is 5.98. The Morgan fingerprint density at radius 1 is 1.33 bits per heavy atom. The lowest BCUT2D eigenvalue weighted by molar-refractivity contribution is 0.0770. The summed E-state index contributed by atoms with van der Waals surface area (Å²) in [7, 11) is 1.76. The second kappa shape index (κ2) is 5.52. The molecule has 0 bridgehead atoms. The minimum absolute atomic E-state index is 0.0791. The molecule has 5 nitrogen and oxygen atoms in total. The summed E-state index contributed by atoms with van der Waals surface area (Å²) in [5.74, 6) is 2.17. The topological polar surface area (TPSA) is 54.7 Å². The average molecular weight is 286 g/mol. The molecule has 2 heterocycles. The molecule has 2 aromatic rings. The molecule has 1 aromatic heterocycles. The first kappa shape index (κ1) is 13.5. The third kappa shape index (κ3) is 2.72. The number of benzene rings is 1. The first-order valence-corrected chi connectivity index (χ1v) is 6.95. The van der Waals surface area contributed by atoms with Crippen LogP contribution in [0.1, 0.15) is 21.9 Å². The van der Waals surface area contributed by atoms with Crippen LogP contribution in [-0.4, -0.2) is 31.0 Å². The first-order valence-electron chi connectivity index (χ1n) is 6.95. The summed E-state index contributed by atoms with van der Waals surface area (Å²) in [4.78, 5) is 14.2. The van der Waals surface area contributed by atoms with Crippen LogP contribution >= 0.6 is 0 Å². The van der Waals surface area contributed by atoms with Crippen molar-refractivity contribution in [3.63, 3.8) is 0 Å². The maximum absolute atomic E-state index is 12.6. The number of carbonyl (C=O) groups excluding carboxylic acids is 1. The standard InChI is InChI=1S/C16H18N2O3/c1-11-6-7-12(21-11)10-18(2)16(19)13-4-3-5-14-15(13)20-9-8-17-14/h3-7,17H,8-10H2,1-2H3. The molecule has 0 atom stereocenters. The van der Waals surface area contributed by atoms with E-state index in [1.54, 1.807) is 18.0 Å². The van der Waals surface area contributed by atoms with Crippen LogP contribution < -0.4 is 10.1 Å². The van der Waals surface area contributed by atoms with Gasteiger partial charge in [-0.3, -0.25) is 4.79 Å². The molecule has 1 aliphatic rings. The molecule has 0 unspecified atom stereocenters. The summed E-state index contributed by atoms with van der Waals surface area (Å²) in [6.45, 7) is 3.65. The van der Waals surface area contributed by atoms with Crippen LogP contribution in [0.15, 0.2) is 34.7 Å². The van der Waals surface area contributed by atoms with Gasteiger partial charge in [0, 0.05) is 13.6 Å². The molecule has 0 radical (unpaired) electrons. The summed E-state index contributed by atoms with van der Waals surface area (Å²) >= 11 is 0. The lowest BCUT2D eigenvalue weighted by atomic mass is 10.1. The number of nitrogens with zero attached hydrogens (tertiary/aromatic N) is 1. The van der Waals surface area contributed by atoms with Crippen LogP contribution in [0.25, 0.3) is 0 Å². The van der Waals surface area contributed by atoms with Gasteiger partial charge < -0.3 is 19.4 Å². The number of amides is 1. The van der Waals surface area contributed by atoms with Gasteiger partial charge in [0.1, 0.15) is 18.1 Å². The highest BCUT2D eigenvalue weighted by Gasteiger charge is 2.22. The first-order chi connectivity index (χ1) is 10.1. The normalized spacial score (nSPS) is 13.0. The molecule has 5 heteroatoms. The molecule has 1 N–H and O–H groups in total. The molecular formula is C16H18N2O3. The van der Waals surface area contributed by atoms with Crippen molar-refractivity contribution in [2.75, 3.05) is 25.5 Å². The van der Waals surface area contributed by atoms with E-state index in [0.29, 0.717) is 24.5 Å². The third-order valence-corrected chi connectivity index (χ3v) is 3.45. The highest BCUT2D eigenvalue weighted by atomic mass is 16.5. The second-order valence-electron chi connectivity index (χ2n) is 5.13. The molecule has 3 rings (SSSR count). The fourth-order valence-corrected chi connectivity index (χ4v) is 2.42. The van der Waals surface area contributed by atoms with Gasteiger partial charge in [0.05, 0.1) is 17.8 Å². The Morgan fingerprint density at radius 2 is 2.19 bits per heavy atom. The maximum Gasteiger partial charge on any atom is 0.257 e. The number of furan rings is 1. The third-order valence-electron chi connectivity index (χ3n) is 3.45. The molecule has 1 aromatic carbocycles. The summed E-state index contributed by atoms with van der Waals surface area (Å²) in [6.07, 6.45) is 0. The van der Waals surface area contributed by atoms with Gasteiger partial charge in [-0.15, -0.1) is 0 Å². The van der Waals surface area contributed by atoms with Gasteiger partial charge in [0.25, 0.3) is 5.91 Å². The molecule has 21 heavy (non-hydrogen) atoms. The minimum atomic E-state index is -0.0791. The molecule has 0 spiro atoms. The quantitative estimate of drug-likeness (QED) is 0.942. The lowest BCUT2D eigenvalue weighted by Gasteiger charge is -2.23. The fourth-order valence-electron chi connectivity index (χ4n) is 2.42. The predicted octanol–water partition coefficient (Wildman–Crippen LogP) is 2.66. The van der Waals surface area contributed by atoms with Crippen molar-refractivity contribution in [2.45, 2.75) is 13.5 Å². The van der Waals surface area contributed by atoms with Gasteiger partial charge in [-0.25, -0.2) is 0 Å². The molecule has 0 saturated heterocycles. The molecule has 0 saturated carbocycles. The van der Waals surface area contributed by atoms with E-state index in [1.807, 2.05) is 31.2 Å². The minimum Gasteiger partial charge on any atom is -0.489 e. The Labute approximate surface area is 123 Å². The van der Waals surface area contributed by atoms with Crippen molar-refractivity contribution in [3.8, 4) is 5.75 Å². The van der Waals surface area contributed by atoms with Gasteiger partial charge in [0.15, 0.2) is 5.75 Å². The van der Waals surface area contributed by atoms with Gasteiger partial charge >= 0.3 is 0 Å². The Balaban J connectivity index is 1.81. The molecule has 110 valence electrons. The van der Waals surface area contributed by atoms with Crippen LogP contribution in [0.3, 0.4) is 0 Å². The summed E-state index contributed by atoms with van der Waals surface area (Å²) in [6, 6.07) is 9.35. The number of anilines is 1. The van der Waals surface area contributed by atoms with E-state index < -0.39 is 0 Å². The van der Waals surface area contributed by atoms with Crippen LogP contribution in [0.4, 0.5) is 5.69 Å². The molecule has 1 amide bonds. The fraction of sp³-hybridized carbons (Fsp3) is 0.312. The predicted molar refractivity (Wildman–Crippen MR) is 79.7 cm³/mol. The number of rotatable bonds is 3. The number of carbonyl (C=O) groups is 1. The summed E-state index contributed by atoms with van der Waals surface area (Å²) in [5, 5.41) is 3.24. The van der Waals surface area contributed by atoms with Crippen molar-refractivity contribution in [3.05, 3.63) is 47.4 Å². The van der Waals surface area contributed by atoms with Crippen LogP contribution in [0, 0.1) is 6.92 Å². The zero-order valence-corrected chi connectivity index (χ0v) is 12.2. The summed E-state index contributed by atoms with van der Waals surface area (Å²) < 4.78 is 11.2. The monoisotopic (exact) mass is 286 g/mol. The van der Waals surface area contributed by atoms with E-state index in [-0.39, 0.29) is 5.91 Å². The number of hydrogen-bond acceptors (Lipinski definition) is 4. The van der Waals surface area contributed by atoms with E-state index >= 15 is 0 Å². The van der Waals surface area contributed by atoms with E-state index in [1.165, 1.54) is 0 Å². The molecular weight excluding hydrogens is 268 g/mol. The van der Waals surface area contributed by atoms with Crippen molar-refractivity contribution in [1.29, 1.82) is 0 Å². The Bertz CT molecular complexity index is 663. The zero-order chi connectivity index (χ0) is 14.8. The van der Waals surface area contributed by atoms with Gasteiger partial charge in [-0.1, -0.05) is 6.07 Å². The van der Waals surface area contributed by atoms with Crippen molar-refractivity contribution >= 4 is 11.6 Å². The number of fused-ring (bicyclic) bond motifs is 1. The molecule has 1 aliphatic heterocycles. The number of nitrogens with one attached hydrogen (secondary N) is 1. The summed E-state index contributed by atoms with van der Waals surface area (Å²) in [5.41, 5.74) is 1.44. The Hall–Kier alpha value is -2.43. The van der Waals surface area contributed by atoms with E-state index in [9.17, 15) is 4.79 Å². The van der Waals surface area contributed by atoms with E-state index in [4.69, 9.17) is 9.15 Å². The second-order valence-corrected chi connectivity index (χ2v) is 5.13. The van der Waals surface area contributed by atoms with Crippen molar-refractivity contribution in [1.82, 2.24) is 4.90 Å². The Morgan fingerprint density at radius 3 is 2.95 bits per heavy atom. The zero-order valence-electron chi connectivity index (χ0n) is 12.2. The number of hydrogen-bond donors (Lipinski definition) is 1. The smallest absolute Gasteiger partial charge is 0.257 e. The number of aryl methyl sites for hydroxylation is 1. The van der Waals surface area contributed by atoms with Crippen molar-refractivity contribution < 1.29 is 13.9 Å². The lowest BCUT2D eigenvalue weighted by Crippen LogP contribution is -2.28. The van der Waals surface area contributed by atoms with Crippen LogP contribution in [0.2, 0.25) is 0 Å². The molecule has 0 aliphatic carbocycles. The Kier molecular flexibility index (Phi) is 3.56. The van der Waals surface area contributed by atoms with E-state index in [0.717, 1.165) is 23.8 Å². The maximum atomic E-state index is 12.6.